The molecule has 142 valence electrons. The van der Waals surface area contributed by atoms with Gasteiger partial charge in [0.2, 0.25) is 0 Å². The van der Waals surface area contributed by atoms with Crippen molar-refractivity contribution in [3.63, 3.8) is 0 Å². The minimum Gasteiger partial charge on any atom is -0.349 e. The highest BCUT2D eigenvalue weighted by molar-refractivity contribution is 7.07. The number of nitrogens with zero attached hydrogens (tertiary/aromatic N) is 3. The number of carbonyl (C=O) groups excluding carboxylic acids is 1. The molecule has 0 bridgehead atoms. The number of likely N-dealkylation sites (N-methyl/N-ethyl adjacent to an activating group) is 1. The van der Waals surface area contributed by atoms with Crippen molar-refractivity contribution in [2.24, 2.45) is 0 Å². The molecular formula is C20H24N4O2S. The molecule has 0 aliphatic rings. The SMILES string of the molecule is CC(C)n1nc(C(=O)NCC(c2ccsc2)N(C)C)c2ccccc2c1=O. The van der Waals surface area contributed by atoms with Gasteiger partial charge in [-0.2, -0.15) is 16.4 Å². The van der Waals surface area contributed by atoms with E-state index >= 15 is 0 Å². The molecule has 0 radical (unpaired) electrons. The minimum atomic E-state index is -0.275. The molecule has 7 heteroatoms. The van der Waals surface area contributed by atoms with E-state index in [0.29, 0.717) is 17.3 Å². The van der Waals surface area contributed by atoms with Crippen LogP contribution in [0.4, 0.5) is 0 Å². The van der Waals surface area contributed by atoms with Crippen molar-refractivity contribution in [2.75, 3.05) is 20.6 Å². The van der Waals surface area contributed by atoms with Gasteiger partial charge in [0, 0.05) is 11.9 Å². The summed E-state index contributed by atoms with van der Waals surface area (Å²) < 4.78 is 1.37. The number of amides is 1. The number of hydrogen-bond donors (Lipinski definition) is 1. The van der Waals surface area contributed by atoms with Crippen molar-refractivity contribution in [1.82, 2.24) is 20.0 Å². The lowest BCUT2D eigenvalue weighted by Gasteiger charge is -2.24. The molecule has 1 unspecified atom stereocenters. The second-order valence-corrected chi connectivity index (χ2v) is 7.76. The Balaban J connectivity index is 1.94. The minimum absolute atomic E-state index is 0.0717. The first-order chi connectivity index (χ1) is 12.9. The maximum Gasteiger partial charge on any atom is 0.274 e. The van der Waals surface area contributed by atoms with Gasteiger partial charge in [-0.3, -0.25) is 9.59 Å². The van der Waals surface area contributed by atoms with Crippen LogP contribution in [0.25, 0.3) is 10.8 Å². The summed E-state index contributed by atoms with van der Waals surface area (Å²) in [7, 11) is 3.97. The monoisotopic (exact) mass is 384 g/mol. The third-order valence-electron chi connectivity index (χ3n) is 4.54. The lowest BCUT2D eigenvalue weighted by Crippen LogP contribution is -2.36. The van der Waals surface area contributed by atoms with Crippen molar-refractivity contribution >= 4 is 28.0 Å². The molecule has 1 N–H and O–H groups in total. The first-order valence-corrected chi connectivity index (χ1v) is 9.82. The van der Waals surface area contributed by atoms with Crippen LogP contribution >= 0.6 is 11.3 Å². The van der Waals surface area contributed by atoms with Crippen LogP contribution in [0.2, 0.25) is 0 Å². The fraction of sp³-hybridized carbons (Fsp3) is 0.350. The summed E-state index contributed by atoms with van der Waals surface area (Å²) in [5.41, 5.74) is 1.26. The fourth-order valence-electron chi connectivity index (χ4n) is 3.06. The van der Waals surface area contributed by atoms with Gasteiger partial charge in [-0.15, -0.1) is 0 Å². The van der Waals surface area contributed by atoms with Crippen LogP contribution in [0.3, 0.4) is 0 Å². The van der Waals surface area contributed by atoms with Crippen LogP contribution < -0.4 is 10.9 Å². The highest BCUT2D eigenvalue weighted by Gasteiger charge is 2.20. The van der Waals surface area contributed by atoms with Crippen LogP contribution in [0, 0.1) is 0 Å². The molecule has 1 atom stereocenters. The van der Waals surface area contributed by atoms with Gasteiger partial charge in [0.15, 0.2) is 5.69 Å². The second-order valence-electron chi connectivity index (χ2n) is 6.98. The van der Waals surface area contributed by atoms with E-state index < -0.39 is 0 Å². The van der Waals surface area contributed by atoms with Crippen LogP contribution in [0.5, 0.6) is 0 Å². The molecule has 0 spiro atoms. The molecule has 2 aromatic heterocycles. The summed E-state index contributed by atoms with van der Waals surface area (Å²) in [6.45, 7) is 4.21. The maximum atomic E-state index is 12.9. The number of benzene rings is 1. The van der Waals surface area contributed by atoms with Gasteiger partial charge in [0.25, 0.3) is 11.5 Å². The Bertz CT molecular complexity index is 993. The molecule has 1 amide bonds. The molecule has 27 heavy (non-hydrogen) atoms. The Labute approximate surface area is 162 Å². The van der Waals surface area contributed by atoms with Crippen molar-refractivity contribution < 1.29 is 4.79 Å². The predicted octanol–water partition coefficient (Wildman–Crippen LogP) is 3.07. The van der Waals surface area contributed by atoms with Gasteiger partial charge in [0.1, 0.15) is 0 Å². The standard InChI is InChI=1S/C20H24N4O2S/c1-13(2)24-20(26)16-8-6-5-7-15(16)18(22-24)19(25)21-11-17(23(3)4)14-9-10-27-12-14/h5-10,12-13,17H,11H2,1-4H3,(H,21,25). The van der Waals surface area contributed by atoms with Crippen LogP contribution in [0.1, 0.15) is 42.0 Å². The summed E-state index contributed by atoms with van der Waals surface area (Å²) in [6, 6.07) is 9.13. The highest BCUT2D eigenvalue weighted by atomic mass is 32.1. The zero-order valence-electron chi connectivity index (χ0n) is 16.0. The van der Waals surface area contributed by atoms with Crippen molar-refractivity contribution in [2.45, 2.75) is 25.9 Å². The van der Waals surface area contributed by atoms with Gasteiger partial charge < -0.3 is 10.2 Å². The topological polar surface area (TPSA) is 67.2 Å². The molecule has 3 rings (SSSR count). The fourth-order valence-corrected chi connectivity index (χ4v) is 3.77. The van der Waals surface area contributed by atoms with E-state index in [1.54, 1.807) is 29.5 Å². The first kappa shape index (κ1) is 19.3. The normalized spacial score (nSPS) is 12.7. The van der Waals surface area contributed by atoms with Crippen LogP contribution in [-0.4, -0.2) is 41.2 Å². The zero-order valence-corrected chi connectivity index (χ0v) is 16.8. The first-order valence-electron chi connectivity index (χ1n) is 8.88. The van der Waals surface area contributed by atoms with Gasteiger partial charge in [-0.05, 0) is 56.4 Å². The van der Waals surface area contributed by atoms with E-state index in [2.05, 4.69) is 26.8 Å². The van der Waals surface area contributed by atoms with Gasteiger partial charge in [0.05, 0.1) is 17.5 Å². The quantitative estimate of drug-likeness (QED) is 0.709. The molecule has 6 nitrogen and oxygen atoms in total. The number of aromatic nitrogens is 2. The Hall–Kier alpha value is -2.51. The Morgan fingerprint density at radius 3 is 2.52 bits per heavy atom. The number of hydrogen-bond acceptors (Lipinski definition) is 5. The number of rotatable bonds is 6. The summed E-state index contributed by atoms with van der Waals surface area (Å²) >= 11 is 1.63. The summed E-state index contributed by atoms with van der Waals surface area (Å²) in [5.74, 6) is -0.275. The number of fused-ring (bicyclic) bond motifs is 1. The van der Waals surface area contributed by atoms with Crippen molar-refractivity contribution in [3.05, 3.63) is 62.7 Å². The molecule has 0 aliphatic carbocycles. The molecule has 0 saturated carbocycles. The maximum absolute atomic E-state index is 12.9. The van der Waals surface area contributed by atoms with E-state index in [-0.39, 0.29) is 29.2 Å². The molecule has 1 aromatic carbocycles. The number of thiophene rings is 1. The molecule has 0 saturated heterocycles. The smallest absolute Gasteiger partial charge is 0.274 e. The number of nitrogens with one attached hydrogen (secondary N) is 1. The van der Waals surface area contributed by atoms with Crippen molar-refractivity contribution in [1.29, 1.82) is 0 Å². The van der Waals surface area contributed by atoms with Gasteiger partial charge in [-0.1, -0.05) is 18.2 Å². The summed E-state index contributed by atoms with van der Waals surface area (Å²) in [4.78, 5) is 27.6. The molecule has 3 aromatic rings. The van der Waals surface area contributed by atoms with E-state index in [1.807, 2.05) is 39.4 Å². The van der Waals surface area contributed by atoms with E-state index in [0.717, 1.165) is 5.56 Å². The zero-order chi connectivity index (χ0) is 19.6. The lowest BCUT2D eigenvalue weighted by molar-refractivity contribution is 0.0936. The lowest BCUT2D eigenvalue weighted by atomic mass is 10.1. The average Bonchev–Trinajstić information content (AvgIpc) is 3.16. The third-order valence-corrected chi connectivity index (χ3v) is 5.24. The van der Waals surface area contributed by atoms with E-state index in [1.165, 1.54) is 4.68 Å². The van der Waals surface area contributed by atoms with Gasteiger partial charge in [-0.25, -0.2) is 4.68 Å². The highest BCUT2D eigenvalue weighted by Crippen LogP contribution is 2.20. The Morgan fingerprint density at radius 1 is 1.22 bits per heavy atom. The van der Waals surface area contributed by atoms with E-state index in [9.17, 15) is 9.59 Å². The average molecular weight is 385 g/mol. The summed E-state index contributed by atoms with van der Waals surface area (Å²) in [6.07, 6.45) is 0. The largest absolute Gasteiger partial charge is 0.349 e. The van der Waals surface area contributed by atoms with Crippen LogP contribution in [-0.2, 0) is 0 Å². The third kappa shape index (κ3) is 3.94. The second kappa shape index (κ2) is 8.02. The molecule has 2 heterocycles. The van der Waals surface area contributed by atoms with E-state index in [4.69, 9.17) is 0 Å². The number of carbonyl (C=O) groups is 1. The molecule has 0 fully saturated rings. The molecule has 0 aliphatic heterocycles. The molecular weight excluding hydrogens is 360 g/mol. The Kier molecular flexibility index (Phi) is 5.72. The summed E-state index contributed by atoms with van der Waals surface area (Å²) in [5, 5.41) is 12.6. The van der Waals surface area contributed by atoms with Crippen molar-refractivity contribution in [3.8, 4) is 0 Å². The van der Waals surface area contributed by atoms with Crippen LogP contribution in [0.15, 0.2) is 45.9 Å². The predicted molar refractivity (Wildman–Crippen MR) is 109 cm³/mol. The Morgan fingerprint density at radius 2 is 1.93 bits per heavy atom. The van der Waals surface area contributed by atoms with Gasteiger partial charge >= 0.3 is 0 Å².